The van der Waals surface area contributed by atoms with Crippen LogP contribution in [0.5, 0.6) is 0 Å². The number of hydrogen-bond acceptors (Lipinski definition) is 3. The summed E-state index contributed by atoms with van der Waals surface area (Å²) in [6.07, 6.45) is 0.933. The Morgan fingerprint density at radius 2 is 1.78 bits per heavy atom. The van der Waals surface area contributed by atoms with Gasteiger partial charge in [-0.1, -0.05) is 20.8 Å². The van der Waals surface area contributed by atoms with Gasteiger partial charge in [0.05, 0.1) is 10.7 Å². The zero-order valence-corrected chi connectivity index (χ0v) is 13.3. The molecular formula is C14H24N2OS. The topological polar surface area (TPSA) is 42.0 Å². The van der Waals surface area contributed by atoms with Gasteiger partial charge in [-0.25, -0.2) is 4.98 Å². The Kier molecular flexibility index (Phi) is 4.21. The standard InChI is InChI=1S/C14H24N2OS/c1-9-11(18-10(2)15-9)12(17)16-14(6,7)8-13(3,4)5/h8H2,1-7H3,(H,16,17). The van der Waals surface area contributed by atoms with Crippen LogP contribution in [0.2, 0.25) is 0 Å². The van der Waals surface area contributed by atoms with Crippen LogP contribution in [0.25, 0.3) is 0 Å². The molecule has 0 radical (unpaired) electrons. The average Bonchev–Trinajstić information content (AvgIpc) is 2.39. The molecule has 0 aromatic carbocycles. The highest BCUT2D eigenvalue weighted by Gasteiger charge is 2.28. The summed E-state index contributed by atoms with van der Waals surface area (Å²) in [7, 11) is 0. The number of thiazole rings is 1. The third-order valence-corrected chi connectivity index (χ3v) is 3.61. The molecule has 0 fully saturated rings. The Morgan fingerprint density at radius 1 is 1.22 bits per heavy atom. The van der Waals surface area contributed by atoms with Crippen molar-refractivity contribution >= 4 is 17.2 Å². The molecule has 0 bridgehead atoms. The molecule has 0 saturated heterocycles. The van der Waals surface area contributed by atoms with E-state index < -0.39 is 0 Å². The van der Waals surface area contributed by atoms with E-state index in [4.69, 9.17) is 0 Å². The first kappa shape index (κ1) is 15.2. The predicted molar refractivity (Wildman–Crippen MR) is 77.2 cm³/mol. The first-order chi connectivity index (χ1) is 8.00. The van der Waals surface area contributed by atoms with Gasteiger partial charge in [0.1, 0.15) is 4.88 Å². The molecule has 0 aliphatic carbocycles. The minimum absolute atomic E-state index is 0.00708. The number of hydrogen-bond donors (Lipinski definition) is 1. The third kappa shape index (κ3) is 4.41. The van der Waals surface area contributed by atoms with Crippen LogP contribution < -0.4 is 5.32 Å². The molecule has 0 unspecified atom stereocenters. The first-order valence-electron chi connectivity index (χ1n) is 6.27. The molecule has 0 aliphatic heterocycles. The molecule has 4 heteroatoms. The number of nitrogens with zero attached hydrogens (tertiary/aromatic N) is 1. The van der Waals surface area contributed by atoms with Gasteiger partial charge in [-0.15, -0.1) is 11.3 Å². The van der Waals surface area contributed by atoms with Crippen LogP contribution in [0.4, 0.5) is 0 Å². The maximum atomic E-state index is 12.2. The summed E-state index contributed by atoms with van der Waals surface area (Å²) >= 11 is 1.46. The van der Waals surface area contributed by atoms with Crippen molar-refractivity contribution in [2.45, 2.75) is 60.4 Å². The average molecular weight is 268 g/mol. The summed E-state index contributed by atoms with van der Waals surface area (Å²) < 4.78 is 0. The van der Waals surface area contributed by atoms with Crippen LogP contribution >= 0.6 is 11.3 Å². The smallest absolute Gasteiger partial charge is 0.263 e. The second kappa shape index (κ2) is 5.00. The van der Waals surface area contributed by atoms with E-state index in [1.165, 1.54) is 11.3 Å². The first-order valence-corrected chi connectivity index (χ1v) is 7.08. The fourth-order valence-electron chi connectivity index (χ4n) is 2.48. The Hall–Kier alpha value is -0.900. The number of aromatic nitrogens is 1. The van der Waals surface area contributed by atoms with Gasteiger partial charge >= 0.3 is 0 Å². The Labute approximate surface area is 114 Å². The van der Waals surface area contributed by atoms with Gasteiger partial charge in [0.25, 0.3) is 5.91 Å². The van der Waals surface area contributed by atoms with Gasteiger partial charge in [-0.05, 0) is 39.5 Å². The van der Waals surface area contributed by atoms with Crippen molar-refractivity contribution < 1.29 is 4.79 Å². The summed E-state index contributed by atoms with van der Waals surface area (Å²) in [6, 6.07) is 0. The summed E-state index contributed by atoms with van der Waals surface area (Å²) in [6.45, 7) is 14.5. The lowest BCUT2D eigenvalue weighted by Gasteiger charge is -2.33. The van der Waals surface area contributed by atoms with Crippen molar-refractivity contribution in [3.05, 3.63) is 15.6 Å². The van der Waals surface area contributed by atoms with Crippen LogP contribution in [0.1, 0.15) is 61.4 Å². The zero-order chi connectivity index (χ0) is 14.1. The highest BCUT2D eigenvalue weighted by Crippen LogP contribution is 2.27. The van der Waals surface area contributed by atoms with Crippen molar-refractivity contribution in [1.82, 2.24) is 10.3 Å². The summed E-state index contributed by atoms with van der Waals surface area (Å²) in [5, 5.41) is 4.05. The fraction of sp³-hybridized carbons (Fsp3) is 0.714. The Morgan fingerprint density at radius 3 is 2.17 bits per heavy atom. The molecule has 102 valence electrons. The monoisotopic (exact) mass is 268 g/mol. The van der Waals surface area contributed by atoms with E-state index in [0.717, 1.165) is 22.0 Å². The van der Waals surface area contributed by atoms with Crippen molar-refractivity contribution in [1.29, 1.82) is 0 Å². The van der Waals surface area contributed by atoms with Crippen molar-refractivity contribution in [3.63, 3.8) is 0 Å². The Balaban J connectivity index is 2.79. The lowest BCUT2D eigenvalue weighted by molar-refractivity contribution is 0.0895. The second-order valence-corrected chi connectivity index (χ2v) is 7.93. The number of carbonyl (C=O) groups excluding carboxylic acids is 1. The van der Waals surface area contributed by atoms with Gasteiger partial charge in [0, 0.05) is 5.54 Å². The molecule has 0 aliphatic rings. The maximum absolute atomic E-state index is 12.2. The summed E-state index contributed by atoms with van der Waals surface area (Å²) in [4.78, 5) is 17.3. The number of aryl methyl sites for hydroxylation is 2. The van der Waals surface area contributed by atoms with E-state index >= 15 is 0 Å². The minimum Gasteiger partial charge on any atom is -0.346 e. The lowest BCUT2D eigenvalue weighted by atomic mass is 9.82. The van der Waals surface area contributed by atoms with Crippen LogP contribution in [0.3, 0.4) is 0 Å². The largest absolute Gasteiger partial charge is 0.346 e. The van der Waals surface area contributed by atoms with Gasteiger partial charge in [0.2, 0.25) is 0 Å². The van der Waals surface area contributed by atoms with E-state index in [1.807, 2.05) is 13.8 Å². The van der Waals surface area contributed by atoms with Crippen LogP contribution in [0.15, 0.2) is 0 Å². The molecule has 3 nitrogen and oxygen atoms in total. The zero-order valence-electron chi connectivity index (χ0n) is 12.5. The molecule has 1 rings (SSSR count). The van der Waals surface area contributed by atoms with E-state index in [1.54, 1.807) is 0 Å². The maximum Gasteiger partial charge on any atom is 0.263 e. The molecular weight excluding hydrogens is 244 g/mol. The van der Waals surface area contributed by atoms with Crippen LogP contribution in [-0.2, 0) is 0 Å². The second-order valence-electron chi connectivity index (χ2n) is 6.72. The number of carbonyl (C=O) groups is 1. The van der Waals surface area contributed by atoms with Crippen LogP contribution in [-0.4, -0.2) is 16.4 Å². The number of nitrogens with one attached hydrogen (secondary N) is 1. The molecule has 18 heavy (non-hydrogen) atoms. The summed E-state index contributed by atoms with van der Waals surface area (Å²) in [5.41, 5.74) is 0.802. The van der Waals surface area contributed by atoms with E-state index in [2.05, 4.69) is 44.9 Å². The van der Waals surface area contributed by atoms with Gasteiger partial charge in [0.15, 0.2) is 0 Å². The number of amides is 1. The molecule has 1 heterocycles. The van der Waals surface area contributed by atoms with E-state index in [0.29, 0.717) is 0 Å². The lowest BCUT2D eigenvalue weighted by Crippen LogP contribution is -2.45. The van der Waals surface area contributed by atoms with E-state index in [-0.39, 0.29) is 16.9 Å². The van der Waals surface area contributed by atoms with Crippen molar-refractivity contribution in [2.24, 2.45) is 5.41 Å². The third-order valence-electron chi connectivity index (χ3n) is 2.53. The highest BCUT2D eigenvalue weighted by atomic mass is 32.1. The summed E-state index contributed by atoms with van der Waals surface area (Å²) in [5.74, 6) is -0.00708. The van der Waals surface area contributed by atoms with Crippen molar-refractivity contribution in [3.8, 4) is 0 Å². The fourth-order valence-corrected chi connectivity index (χ4v) is 3.29. The van der Waals surface area contributed by atoms with Gasteiger partial charge < -0.3 is 5.32 Å². The molecule has 1 N–H and O–H groups in total. The predicted octanol–water partition coefficient (Wildman–Crippen LogP) is 3.70. The molecule has 1 amide bonds. The molecule has 1 aromatic rings. The van der Waals surface area contributed by atoms with E-state index in [9.17, 15) is 4.79 Å². The van der Waals surface area contributed by atoms with Gasteiger partial charge in [-0.3, -0.25) is 4.79 Å². The quantitative estimate of drug-likeness (QED) is 0.908. The minimum atomic E-state index is -0.209. The number of rotatable bonds is 3. The molecule has 0 spiro atoms. The van der Waals surface area contributed by atoms with Gasteiger partial charge in [-0.2, -0.15) is 0 Å². The Bertz CT molecular complexity index is 441. The highest BCUT2D eigenvalue weighted by molar-refractivity contribution is 7.13. The normalized spacial score (nSPS) is 12.6. The molecule has 0 atom stereocenters. The van der Waals surface area contributed by atoms with Crippen molar-refractivity contribution in [2.75, 3.05) is 0 Å². The SMILES string of the molecule is Cc1nc(C)c(C(=O)NC(C)(C)CC(C)(C)C)s1. The molecule has 1 aromatic heterocycles. The molecule has 0 saturated carbocycles. The van der Waals surface area contributed by atoms with Crippen LogP contribution in [0, 0.1) is 19.3 Å².